The number of hydrogen-bond acceptors (Lipinski definition) is 4. The molecule has 1 aromatic carbocycles. The van der Waals surface area contributed by atoms with E-state index in [1.807, 2.05) is 0 Å². The van der Waals surface area contributed by atoms with E-state index in [9.17, 15) is 4.79 Å². The first-order valence-electron chi connectivity index (χ1n) is 5.62. The van der Waals surface area contributed by atoms with Gasteiger partial charge in [0.1, 0.15) is 17.3 Å². The fraction of sp³-hybridized carbons (Fsp3) is 0.231. The fourth-order valence-corrected chi connectivity index (χ4v) is 1.75. The van der Waals surface area contributed by atoms with Crippen LogP contribution in [-0.4, -0.2) is 35.3 Å². The maximum atomic E-state index is 10.6. The SMILES string of the molecule is COc1ccc(OC)c(-c2ncc(CC(=O)O)[nH]2)c1. The Morgan fingerprint density at radius 1 is 1.37 bits per heavy atom. The van der Waals surface area contributed by atoms with Crippen LogP contribution in [0, 0.1) is 0 Å². The Balaban J connectivity index is 2.39. The number of aromatic nitrogens is 2. The summed E-state index contributed by atoms with van der Waals surface area (Å²) < 4.78 is 10.4. The molecule has 0 bridgehead atoms. The Morgan fingerprint density at radius 2 is 2.16 bits per heavy atom. The van der Waals surface area contributed by atoms with E-state index >= 15 is 0 Å². The maximum Gasteiger partial charge on any atom is 0.309 e. The van der Waals surface area contributed by atoms with E-state index < -0.39 is 5.97 Å². The maximum absolute atomic E-state index is 10.6. The van der Waals surface area contributed by atoms with Crippen molar-refractivity contribution in [3.8, 4) is 22.9 Å². The highest BCUT2D eigenvalue weighted by atomic mass is 16.5. The van der Waals surface area contributed by atoms with Crippen molar-refractivity contribution in [2.45, 2.75) is 6.42 Å². The van der Waals surface area contributed by atoms with Gasteiger partial charge in [0, 0.05) is 11.9 Å². The zero-order valence-corrected chi connectivity index (χ0v) is 10.6. The van der Waals surface area contributed by atoms with Gasteiger partial charge in [0.2, 0.25) is 0 Å². The number of ether oxygens (including phenoxy) is 2. The molecule has 0 aliphatic rings. The molecule has 0 saturated carbocycles. The molecule has 0 unspecified atom stereocenters. The van der Waals surface area contributed by atoms with Crippen molar-refractivity contribution in [3.63, 3.8) is 0 Å². The molecule has 6 nitrogen and oxygen atoms in total. The van der Waals surface area contributed by atoms with E-state index in [-0.39, 0.29) is 6.42 Å². The molecule has 100 valence electrons. The highest BCUT2D eigenvalue weighted by Gasteiger charge is 2.12. The largest absolute Gasteiger partial charge is 0.497 e. The van der Waals surface area contributed by atoms with Crippen molar-refractivity contribution < 1.29 is 19.4 Å². The number of hydrogen-bond donors (Lipinski definition) is 2. The Kier molecular flexibility index (Phi) is 3.70. The minimum absolute atomic E-state index is 0.0979. The monoisotopic (exact) mass is 262 g/mol. The smallest absolute Gasteiger partial charge is 0.309 e. The normalized spacial score (nSPS) is 10.2. The molecule has 0 spiro atoms. The topological polar surface area (TPSA) is 84.4 Å². The van der Waals surface area contributed by atoms with Crippen LogP contribution >= 0.6 is 0 Å². The number of aliphatic carboxylic acids is 1. The molecule has 0 atom stereocenters. The number of carboxylic acids is 1. The third-order valence-corrected chi connectivity index (χ3v) is 2.63. The third-order valence-electron chi connectivity index (χ3n) is 2.63. The van der Waals surface area contributed by atoms with Crippen molar-refractivity contribution >= 4 is 5.97 Å². The number of carboxylic acid groups (broad SMARTS) is 1. The highest BCUT2D eigenvalue weighted by molar-refractivity contribution is 5.71. The summed E-state index contributed by atoms with van der Waals surface area (Å²) in [6.45, 7) is 0. The van der Waals surface area contributed by atoms with Crippen molar-refractivity contribution in [1.82, 2.24) is 9.97 Å². The van der Waals surface area contributed by atoms with Gasteiger partial charge < -0.3 is 19.6 Å². The van der Waals surface area contributed by atoms with Gasteiger partial charge in [-0.2, -0.15) is 0 Å². The van der Waals surface area contributed by atoms with Gasteiger partial charge in [0.05, 0.1) is 26.2 Å². The summed E-state index contributed by atoms with van der Waals surface area (Å²) >= 11 is 0. The molecule has 1 aromatic heterocycles. The molecule has 2 rings (SSSR count). The molecule has 0 aliphatic heterocycles. The molecule has 0 radical (unpaired) electrons. The van der Waals surface area contributed by atoms with Crippen molar-refractivity contribution in [2.75, 3.05) is 14.2 Å². The van der Waals surface area contributed by atoms with Gasteiger partial charge in [-0.1, -0.05) is 0 Å². The molecule has 0 amide bonds. The van der Waals surface area contributed by atoms with Gasteiger partial charge >= 0.3 is 5.97 Å². The fourth-order valence-electron chi connectivity index (χ4n) is 1.75. The van der Waals surface area contributed by atoms with Gasteiger partial charge in [-0.05, 0) is 18.2 Å². The molecule has 19 heavy (non-hydrogen) atoms. The van der Waals surface area contributed by atoms with E-state index in [1.165, 1.54) is 6.20 Å². The quantitative estimate of drug-likeness (QED) is 0.857. The number of nitrogens with one attached hydrogen (secondary N) is 1. The number of methoxy groups -OCH3 is 2. The molecule has 0 saturated heterocycles. The lowest BCUT2D eigenvalue weighted by molar-refractivity contribution is -0.136. The second kappa shape index (κ2) is 5.43. The first-order valence-corrected chi connectivity index (χ1v) is 5.62. The lowest BCUT2D eigenvalue weighted by atomic mass is 10.2. The second-order valence-electron chi connectivity index (χ2n) is 3.89. The van der Waals surface area contributed by atoms with Gasteiger partial charge in [0.15, 0.2) is 0 Å². The van der Waals surface area contributed by atoms with Crippen molar-refractivity contribution in [1.29, 1.82) is 0 Å². The number of carbonyl (C=O) groups is 1. The first-order chi connectivity index (χ1) is 9.13. The summed E-state index contributed by atoms with van der Waals surface area (Å²) in [5, 5.41) is 8.74. The Labute approximate surface area is 110 Å². The number of aromatic amines is 1. The summed E-state index contributed by atoms with van der Waals surface area (Å²) in [7, 11) is 3.13. The van der Waals surface area contributed by atoms with E-state index in [4.69, 9.17) is 14.6 Å². The Morgan fingerprint density at radius 3 is 2.79 bits per heavy atom. The third kappa shape index (κ3) is 2.85. The Bertz CT molecular complexity index is 592. The summed E-state index contributed by atoms with van der Waals surface area (Å²) in [4.78, 5) is 17.8. The van der Waals surface area contributed by atoms with Crippen LogP contribution in [0.15, 0.2) is 24.4 Å². The molecular formula is C13H14N2O4. The van der Waals surface area contributed by atoms with E-state index in [0.29, 0.717) is 23.0 Å². The first kappa shape index (κ1) is 12.9. The van der Waals surface area contributed by atoms with E-state index in [2.05, 4.69) is 9.97 Å². The molecule has 6 heteroatoms. The standard InChI is InChI=1S/C13H14N2O4/c1-18-9-3-4-11(19-2)10(6-9)13-14-7-8(15-13)5-12(16)17/h3-4,6-7H,5H2,1-2H3,(H,14,15)(H,16,17). The lowest BCUT2D eigenvalue weighted by Crippen LogP contribution is -2.00. The average Bonchev–Trinajstić information content (AvgIpc) is 2.85. The lowest BCUT2D eigenvalue weighted by Gasteiger charge is -2.08. The van der Waals surface area contributed by atoms with Crippen LogP contribution in [0.5, 0.6) is 11.5 Å². The van der Waals surface area contributed by atoms with Gasteiger partial charge in [-0.3, -0.25) is 4.79 Å². The molecule has 2 N–H and O–H groups in total. The highest BCUT2D eigenvalue weighted by Crippen LogP contribution is 2.31. The van der Waals surface area contributed by atoms with Crippen LogP contribution in [0.3, 0.4) is 0 Å². The minimum atomic E-state index is -0.909. The van der Waals surface area contributed by atoms with E-state index in [0.717, 1.165) is 5.56 Å². The number of rotatable bonds is 5. The van der Waals surface area contributed by atoms with Crippen LogP contribution in [0.1, 0.15) is 5.69 Å². The zero-order chi connectivity index (χ0) is 13.8. The molecule has 1 heterocycles. The molecular weight excluding hydrogens is 248 g/mol. The second-order valence-corrected chi connectivity index (χ2v) is 3.89. The predicted octanol–water partition coefficient (Wildman–Crippen LogP) is 1.72. The van der Waals surface area contributed by atoms with Gasteiger partial charge in [-0.25, -0.2) is 4.98 Å². The number of H-pyrrole nitrogens is 1. The van der Waals surface area contributed by atoms with Crippen molar-refractivity contribution in [3.05, 3.63) is 30.1 Å². The van der Waals surface area contributed by atoms with Gasteiger partial charge in [-0.15, -0.1) is 0 Å². The summed E-state index contributed by atoms with van der Waals surface area (Å²) in [5.74, 6) is 0.948. The van der Waals surface area contributed by atoms with Crippen LogP contribution in [0.25, 0.3) is 11.4 Å². The van der Waals surface area contributed by atoms with E-state index in [1.54, 1.807) is 32.4 Å². The number of nitrogens with zero attached hydrogens (tertiary/aromatic N) is 1. The van der Waals surface area contributed by atoms with Crippen LogP contribution in [-0.2, 0) is 11.2 Å². The summed E-state index contributed by atoms with van der Waals surface area (Å²) in [6, 6.07) is 5.33. The summed E-state index contributed by atoms with van der Waals surface area (Å²) in [5.41, 5.74) is 1.26. The van der Waals surface area contributed by atoms with Crippen molar-refractivity contribution in [2.24, 2.45) is 0 Å². The molecule has 2 aromatic rings. The molecule has 0 fully saturated rings. The van der Waals surface area contributed by atoms with Crippen LogP contribution < -0.4 is 9.47 Å². The van der Waals surface area contributed by atoms with Crippen LogP contribution in [0.4, 0.5) is 0 Å². The minimum Gasteiger partial charge on any atom is -0.497 e. The average molecular weight is 262 g/mol. The number of benzene rings is 1. The molecule has 0 aliphatic carbocycles. The zero-order valence-electron chi connectivity index (χ0n) is 10.6. The number of imidazole rings is 1. The van der Waals surface area contributed by atoms with Crippen LogP contribution in [0.2, 0.25) is 0 Å². The predicted molar refractivity (Wildman–Crippen MR) is 68.5 cm³/mol. The van der Waals surface area contributed by atoms with Gasteiger partial charge in [0.25, 0.3) is 0 Å². The summed E-state index contributed by atoms with van der Waals surface area (Å²) in [6.07, 6.45) is 1.40. The Hall–Kier alpha value is -2.50.